The van der Waals surface area contributed by atoms with Crippen LogP contribution >= 0.6 is 0 Å². The summed E-state index contributed by atoms with van der Waals surface area (Å²) < 4.78 is 102. The topological polar surface area (TPSA) is 47.9 Å². The Bertz CT molecular complexity index is 1120. The van der Waals surface area contributed by atoms with E-state index in [9.17, 15) is 5.11 Å². The molecule has 26 heavy (non-hydrogen) atoms. The van der Waals surface area contributed by atoms with Gasteiger partial charge in [-0.15, -0.1) is 0 Å². The maximum absolute atomic E-state index is 10.4. The maximum atomic E-state index is 10.4. The van der Waals surface area contributed by atoms with E-state index in [2.05, 4.69) is 0 Å². The number of rotatable bonds is 10. The second-order valence-electron chi connectivity index (χ2n) is 5.75. The molecular formula is C22H30O4. The highest BCUT2D eigenvalue weighted by atomic mass is 16.5. The average molecular weight is 370 g/mol. The van der Waals surface area contributed by atoms with Gasteiger partial charge in [0.25, 0.3) is 0 Å². The van der Waals surface area contributed by atoms with Crippen molar-refractivity contribution >= 4 is 0 Å². The largest absolute Gasteiger partial charge is 0.493 e. The lowest BCUT2D eigenvalue weighted by Gasteiger charge is -2.13. The van der Waals surface area contributed by atoms with E-state index in [4.69, 9.17) is 29.3 Å². The van der Waals surface area contributed by atoms with Crippen molar-refractivity contribution in [3.63, 3.8) is 0 Å². The minimum absolute atomic E-state index is 0.0502. The zero-order valence-corrected chi connectivity index (χ0v) is 15.1. The zero-order chi connectivity index (χ0) is 28.5. The molecule has 2 aromatic carbocycles. The third-order valence-corrected chi connectivity index (χ3v) is 3.78. The fourth-order valence-corrected chi connectivity index (χ4v) is 2.17. The van der Waals surface area contributed by atoms with E-state index in [1.54, 1.807) is 13.8 Å². The molecule has 1 atom stereocenters. The van der Waals surface area contributed by atoms with Crippen LogP contribution in [0.15, 0.2) is 36.3 Å². The molecule has 4 heteroatoms. The van der Waals surface area contributed by atoms with Gasteiger partial charge in [0.15, 0.2) is 11.5 Å². The van der Waals surface area contributed by atoms with E-state index in [-0.39, 0.29) is 55.1 Å². The van der Waals surface area contributed by atoms with Crippen LogP contribution in [0.1, 0.15) is 51.0 Å². The lowest BCUT2D eigenvalue weighted by Crippen LogP contribution is -2.17. The summed E-state index contributed by atoms with van der Waals surface area (Å²) in [6.07, 6.45) is -1.28. The van der Waals surface area contributed by atoms with Crippen LogP contribution in [0.4, 0.5) is 0 Å². The molecule has 0 radical (unpaired) electrons. The Kier molecular flexibility index (Phi) is 3.74. The summed E-state index contributed by atoms with van der Waals surface area (Å²) in [7, 11) is -1.73. The maximum Gasteiger partial charge on any atom is 0.160 e. The SMILES string of the molecule is [2H]c1c([2H])c(OC([2H])([2H])C(O)CCCCc2c([2H])c([2H])c(OC)c(OC([2H])([2H])[2H])c2[2H])c([2H])c(C)c1C. The number of ether oxygens (including phenoxy) is 3. The normalized spacial score (nSPS) is 19.0. The van der Waals surface area contributed by atoms with Crippen LogP contribution in [0, 0.1) is 13.8 Å². The molecule has 0 heterocycles. The van der Waals surface area contributed by atoms with Gasteiger partial charge in [0.1, 0.15) is 12.3 Å². The van der Waals surface area contributed by atoms with Gasteiger partial charge in [-0.2, -0.15) is 0 Å². The molecule has 0 aliphatic rings. The number of hydrogen-bond donors (Lipinski definition) is 1. The van der Waals surface area contributed by atoms with E-state index < -0.39 is 49.3 Å². The number of hydrogen-bond acceptors (Lipinski definition) is 4. The van der Waals surface area contributed by atoms with Crippen LogP contribution in [-0.2, 0) is 6.42 Å². The predicted molar refractivity (Wildman–Crippen MR) is 105 cm³/mol. The Labute approximate surface area is 172 Å². The summed E-state index contributed by atoms with van der Waals surface area (Å²) in [5.41, 5.74) is 0.830. The van der Waals surface area contributed by atoms with E-state index in [1.807, 2.05) is 0 Å². The van der Waals surface area contributed by atoms with Crippen molar-refractivity contribution in [3.05, 3.63) is 52.9 Å². The quantitative estimate of drug-likeness (QED) is 0.628. The van der Waals surface area contributed by atoms with Crippen molar-refractivity contribution in [2.45, 2.75) is 45.6 Å². The summed E-state index contributed by atoms with van der Waals surface area (Å²) >= 11 is 0. The first-order valence-electron chi connectivity index (χ1n) is 13.7. The molecule has 142 valence electrons. The summed E-state index contributed by atoms with van der Waals surface area (Å²) in [6.45, 7) is 0.470. The van der Waals surface area contributed by atoms with Gasteiger partial charge in [0.05, 0.1) is 35.3 Å². The van der Waals surface area contributed by atoms with Crippen molar-refractivity contribution in [1.82, 2.24) is 0 Å². The third-order valence-electron chi connectivity index (χ3n) is 3.78. The van der Waals surface area contributed by atoms with Crippen LogP contribution in [-0.4, -0.2) is 31.9 Å². The summed E-state index contributed by atoms with van der Waals surface area (Å²) in [6, 6.07) is -2.04. The first kappa shape index (κ1) is 9.65. The molecule has 2 aromatic rings. The van der Waals surface area contributed by atoms with Crippen molar-refractivity contribution in [2.75, 3.05) is 20.7 Å². The Hall–Kier alpha value is -2.20. The molecule has 2 rings (SSSR count). The fraction of sp³-hybridized carbons (Fsp3) is 0.455. The second kappa shape index (κ2) is 10.1. The predicted octanol–water partition coefficient (Wildman–Crippen LogP) is 4.47. The standard InChI is InChI=1S/C22H30O4/c1-16-9-11-20(13-17(16)2)26-15-19(23)8-6-5-7-18-10-12-21(24-3)22(14-18)25-4/h9-14,19,23H,5-8,15H2,1-4H3/i4D3,9D,10D,11D,12D,13D,14D,15D2. The number of methoxy groups -OCH3 is 2. The van der Waals surface area contributed by atoms with Crippen molar-refractivity contribution in [3.8, 4) is 17.2 Å². The Morgan fingerprint density at radius 3 is 2.69 bits per heavy atom. The first-order chi connectivity index (χ1) is 16.9. The monoisotopic (exact) mass is 369 g/mol. The molecule has 0 aliphatic heterocycles. The summed E-state index contributed by atoms with van der Waals surface area (Å²) in [5, 5.41) is 10.4. The molecule has 0 spiro atoms. The van der Waals surface area contributed by atoms with Crippen LogP contribution in [0.5, 0.6) is 17.2 Å². The number of aliphatic hydroxyl groups is 1. The number of unbranched alkanes of at least 4 members (excludes halogenated alkanes) is 1. The molecule has 0 amide bonds. The van der Waals surface area contributed by atoms with Gasteiger partial charge in [-0.25, -0.2) is 0 Å². The molecule has 1 N–H and O–H groups in total. The Morgan fingerprint density at radius 1 is 1.08 bits per heavy atom. The molecule has 0 fully saturated rings. The highest BCUT2D eigenvalue weighted by Gasteiger charge is 2.07. The molecule has 0 saturated carbocycles. The van der Waals surface area contributed by atoms with Gasteiger partial charge in [-0.1, -0.05) is 18.5 Å². The number of aliphatic hydroxyl groups excluding tert-OH is 1. The average Bonchev–Trinajstić information content (AvgIpc) is 2.81. The summed E-state index contributed by atoms with van der Waals surface area (Å²) in [5.74, 6) is -1.24. The van der Waals surface area contributed by atoms with Gasteiger partial charge in [-0.3, -0.25) is 0 Å². The minimum atomic E-state index is -2.90. The summed E-state index contributed by atoms with van der Waals surface area (Å²) in [4.78, 5) is 0. The van der Waals surface area contributed by atoms with E-state index in [0.29, 0.717) is 11.1 Å². The van der Waals surface area contributed by atoms with Crippen LogP contribution in [0.25, 0.3) is 0 Å². The highest BCUT2D eigenvalue weighted by Crippen LogP contribution is 2.28. The van der Waals surface area contributed by atoms with Gasteiger partial charge < -0.3 is 19.3 Å². The molecule has 0 saturated heterocycles. The van der Waals surface area contributed by atoms with E-state index in [0.717, 1.165) is 0 Å². The van der Waals surface area contributed by atoms with Crippen LogP contribution in [0.3, 0.4) is 0 Å². The molecule has 0 aromatic heterocycles. The van der Waals surface area contributed by atoms with Gasteiger partial charge in [0, 0.05) is 0 Å². The van der Waals surface area contributed by atoms with Gasteiger partial charge >= 0.3 is 0 Å². The van der Waals surface area contributed by atoms with Gasteiger partial charge in [0.2, 0.25) is 0 Å². The smallest absolute Gasteiger partial charge is 0.160 e. The van der Waals surface area contributed by atoms with Crippen molar-refractivity contribution in [1.29, 1.82) is 0 Å². The third kappa shape index (κ3) is 5.95. The van der Waals surface area contributed by atoms with Crippen LogP contribution in [0.2, 0.25) is 0 Å². The molecular weight excluding hydrogens is 328 g/mol. The number of benzene rings is 2. The van der Waals surface area contributed by atoms with Crippen molar-refractivity contribution < 1.29 is 34.4 Å². The van der Waals surface area contributed by atoms with Crippen LogP contribution < -0.4 is 14.2 Å². The molecule has 0 bridgehead atoms. The molecule has 1 unspecified atom stereocenters. The fourth-order valence-electron chi connectivity index (χ4n) is 2.17. The molecule has 0 aliphatic carbocycles. The second-order valence-corrected chi connectivity index (χ2v) is 5.75. The highest BCUT2D eigenvalue weighted by molar-refractivity contribution is 5.42. The van der Waals surface area contributed by atoms with Gasteiger partial charge in [-0.05, 0) is 74.0 Å². The zero-order valence-electron chi connectivity index (χ0n) is 26.1. The Balaban J connectivity index is 2.14. The Morgan fingerprint density at radius 2 is 1.92 bits per heavy atom. The first-order valence-corrected chi connectivity index (χ1v) is 8.24. The van der Waals surface area contributed by atoms with Crippen molar-refractivity contribution in [2.24, 2.45) is 0 Å². The minimum Gasteiger partial charge on any atom is -0.493 e. The molecule has 4 nitrogen and oxygen atoms in total. The lowest BCUT2D eigenvalue weighted by molar-refractivity contribution is 0.0976. The lowest BCUT2D eigenvalue weighted by atomic mass is 10.0. The van der Waals surface area contributed by atoms with E-state index >= 15 is 0 Å². The van der Waals surface area contributed by atoms with E-state index in [1.165, 1.54) is 7.11 Å².